The molecule has 0 bridgehead atoms. The number of hydrogen-bond donors (Lipinski definition) is 0. The summed E-state index contributed by atoms with van der Waals surface area (Å²) in [6.45, 7) is 1.82. The lowest BCUT2D eigenvalue weighted by molar-refractivity contribution is -0.148. The fourth-order valence-electron chi connectivity index (χ4n) is 3.17. The average molecular weight is 393 g/mol. The van der Waals surface area contributed by atoms with Crippen molar-refractivity contribution >= 4 is 18.0 Å². The fourth-order valence-corrected chi connectivity index (χ4v) is 3.17. The van der Waals surface area contributed by atoms with Gasteiger partial charge in [-0.05, 0) is 42.2 Å². The van der Waals surface area contributed by atoms with Crippen LogP contribution in [-0.4, -0.2) is 36.5 Å². The molecule has 1 saturated heterocycles. The highest BCUT2D eigenvalue weighted by Crippen LogP contribution is 2.15. The zero-order chi connectivity index (χ0) is 20.3. The molecule has 0 atom stereocenters. The topological polar surface area (TPSA) is 55.8 Å². The maximum Gasteiger partial charge on any atom is 0.331 e. The van der Waals surface area contributed by atoms with E-state index in [1.807, 2.05) is 54.6 Å². The van der Waals surface area contributed by atoms with Gasteiger partial charge in [-0.1, -0.05) is 55.3 Å². The van der Waals surface area contributed by atoms with Gasteiger partial charge < -0.3 is 14.4 Å². The highest BCUT2D eigenvalue weighted by atomic mass is 16.5. The maximum absolute atomic E-state index is 12.1. The summed E-state index contributed by atoms with van der Waals surface area (Å²) in [7, 11) is 0. The van der Waals surface area contributed by atoms with Gasteiger partial charge in [0, 0.05) is 19.2 Å². The Morgan fingerprint density at radius 1 is 0.897 bits per heavy atom. The van der Waals surface area contributed by atoms with E-state index in [2.05, 4.69) is 0 Å². The predicted molar refractivity (Wildman–Crippen MR) is 112 cm³/mol. The third-order valence-corrected chi connectivity index (χ3v) is 4.84. The van der Waals surface area contributed by atoms with Crippen molar-refractivity contribution in [3.05, 3.63) is 71.8 Å². The number of nitrogens with zero attached hydrogens (tertiary/aromatic N) is 1. The minimum Gasteiger partial charge on any atom is -0.489 e. The molecule has 1 aliphatic rings. The van der Waals surface area contributed by atoms with Crippen LogP contribution < -0.4 is 4.74 Å². The molecule has 152 valence electrons. The molecule has 29 heavy (non-hydrogen) atoms. The van der Waals surface area contributed by atoms with E-state index in [0.29, 0.717) is 6.61 Å². The van der Waals surface area contributed by atoms with Crippen LogP contribution in [0, 0.1) is 0 Å². The third kappa shape index (κ3) is 7.11. The van der Waals surface area contributed by atoms with Crippen LogP contribution in [0.2, 0.25) is 0 Å². The number of ether oxygens (including phenoxy) is 2. The first-order chi connectivity index (χ1) is 14.2. The average Bonchev–Trinajstić information content (AvgIpc) is 3.06. The van der Waals surface area contributed by atoms with Crippen molar-refractivity contribution in [1.29, 1.82) is 0 Å². The fraction of sp³-hybridized carbons (Fsp3) is 0.333. The first-order valence-corrected chi connectivity index (χ1v) is 10.1. The van der Waals surface area contributed by atoms with Crippen molar-refractivity contribution in [2.75, 3.05) is 19.7 Å². The lowest BCUT2D eigenvalue weighted by atomic mass is 10.2. The van der Waals surface area contributed by atoms with Crippen LogP contribution in [0.25, 0.3) is 6.08 Å². The van der Waals surface area contributed by atoms with Crippen LogP contribution in [0.15, 0.2) is 60.7 Å². The zero-order valence-electron chi connectivity index (χ0n) is 16.6. The number of likely N-dealkylation sites (tertiary alicyclic amines) is 1. The van der Waals surface area contributed by atoms with Gasteiger partial charge in [0.05, 0.1) is 0 Å². The van der Waals surface area contributed by atoms with E-state index < -0.39 is 5.97 Å². The number of carbonyl (C=O) groups excluding carboxylic acids is 2. The highest BCUT2D eigenvalue weighted by Gasteiger charge is 2.16. The molecule has 0 aliphatic carbocycles. The third-order valence-electron chi connectivity index (χ3n) is 4.84. The van der Waals surface area contributed by atoms with Crippen LogP contribution >= 0.6 is 0 Å². The second-order valence-electron chi connectivity index (χ2n) is 7.08. The van der Waals surface area contributed by atoms with Crippen LogP contribution in [0.5, 0.6) is 5.75 Å². The Labute approximate surface area is 171 Å². The van der Waals surface area contributed by atoms with Gasteiger partial charge in [0.1, 0.15) is 12.4 Å². The summed E-state index contributed by atoms with van der Waals surface area (Å²) >= 11 is 0. The van der Waals surface area contributed by atoms with Crippen LogP contribution in [0.3, 0.4) is 0 Å². The van der Waals surface area contributed by atoms with E-state index in [1.54, 1.807) is 11.0 Å². The SMILES string of the molecule is O=C(/C=C/c1ccc(OCc2ccccc2)cc1)OCC(=O)N1CCCCCC1. The molecule has 1 aliphatic heterocycles. The van der Waals surface area contributed by atoms with Crippen LogP contribution in [-0.2, 0) is 20.9 Å². The lowest BCUT2D eigenvalue weighted by Gasteiger charge is -2.19. The molecule has 2 aromatic carbocycles. The molecule has 1 heterocycles. The Morgan fingerprint density at radius 3 is 2.28 bits per heavy atom. The van der Waals surface area contributed by atoms with Gasteiger partial charge in [-0.3, -0.25) is 4.79 Å². The van der Waals surface area contributed by atoms with E-state index in [-0.39, 0.29) is 12.5 Å². The molecular weight excluding hydrogens is 366 g/mol. The summed E-state index contributed by atoms with van der Waals surface area (Å²) in [5, 5.41) is 0. The molecule has 0 radical (unpaired) electrons. The van der Waals surface area contributed by atoms with Crippen molar-refractivity contribution in [2.24, 2.45) is 0 Å². The van der Waals surface area contributed by atoms with Gasteiger partial charge in [0.25, 0.3) is 5.91 Å². The van der Waals surface area contributed by atoms with Crippen molar-refractivity contribution in [3.63, 3.8) is 0 Å². The minimum absolute atomic E-state index is 0.117. The molecule has 5 nitrogen and oxygen atoms in total. The molecule has 2 aromatic rings. The molecule has 3 rings (SSSR count). The number of hydrogen-bond acceptors (Lipinski definition) is 4. The predicted octanol–water partition coefficient (Wildman–Crippen LogP) is 4.22. The quantitative estimate of drug-likeness (QED) is 0.522. The summed E-state index contributed by atoms with van der Waals surface area (Å²) in [6.07, 6.45) is 7.36. The molecular formula is C24H27NO4. The smallest absolute Gasteiger partial charge is 0.331 e. The van der Waals surface area contributed by atoms with Gasteiger partial charge in [-0.15, -0.1) is 0 Å². The highest BCUT2D eigenvalue weighted by molar-refractivity contribution is 5.89. The molecule has 5 heteroatoms. The molecule has 1 amide bonds. The summed E-state index contributed by atoms with van der Waals surface area (Å²) in [6, 6.07) is 17.4. The Morgan fingerprint density at radius 2 is 1.59 bits per heavy atom. The van der Waals surface area contributed by atoms with Crippen molar-refractivity contribution in [2.45, 2.75) is 32.3 Å². The monoisotopic (exact) mass is 393 g/mol. The molecule has 1 fully saturated rings. The van der Waals surface area contributed by atoms with Gasteiger partial charge in [-0.2, -0.15) is 0 Å². The maximum atomic E-state index is 12.1. The van der Waals surface area contributed by atoms with Crippen LogP contribution in [0.4, 0.5) is 0 Å². The van der Waals surface area contributed by atoms with Crippen molar-refractivity contribution in [1.82, 2.24) is 4.90 Å². The number of carbonyl (C=O) groups is 2. The van der Waals surface area contributed by atoms with E-state index >= 15 is 0 Å². The van der Waals surface area contributed by atoms with Gasteiger partial charge in [0.15, 0.2) is 6.61 Å². The zero-order valence-corrected chi connectivity index (χ0v) is 16.6. The molecule has 0 spiro atoms. The number of rotatable bonds is 7. The van der Waals surface area contributed by atoms with Crippen molar-refractivity contribution in [3.8, 4) is 5.75 Å². The van der Waals surface area contributed by atoms with Crippen LogP contribution in [0.1, 0.15) is 36.8 Å². The number of amides is 1. The summed E-state index contributed by atoms with van der Waals surface area (Å²) in [5.41, 5.74) is 1.96. The van der Waals surface area contributed by atoms with E-state index in [4.69, 9.17) is 9.47 Å². The largest absolute Gasteiger partial charge is 0.489 e. The normalized spacial score (nSPS) is 14.4. The first kappa shape index (κ1) is 20.6. The van der Waals surface area contributed by atoms with E-state index in [9.17, 15) is 9.59 Å². The Balaban J connectivity index is 1.41. The molecule has 0 N–H and O–H groups in total. The molecule has 0 aromatic heterocycles. The lowest BCUT2D eigenvalue weighted by Crippen LogP contribution is -2.35. The summed E-state index contributed by atoms with van der Waals surface area (Å²) in [5.74, 6) is 0.128. The Hall–Kier alpha value is -3.08. The summed E-state index contributed by atoms with van der Waals surface area (Å²) < 4.78 is 10.8. The number of benzene rings is 2. The van der Waals surface area contributed by atoms with Gasteiger partial charge in [0.2, 0.25) is 0 Å². The Bertz CT molecular complexity index is 807. The van der Waals surface area contributed by atoms with E-state index in [0.717, 1.165) is 55.6 Å². The molecule has 0 saturated carbocycles. The van der Waals surface area contributed by atoms with Gasteiger partial charge >= 0.3 is 5.97 Å². The standard InChI is InChI=1S/C24H27NO4/c26-23(25-16-6-1-2-7-17-25)19-29-24(27)15-12-20-10-13-22(14-11-20)28-18-21-8-4-3-5-9-21/h3-5,8-15H,1-2,6-7,16-19H2/b15-12+. The van der Waals surface area contributed by atoms with Crippen molar-refractivity contribution < 1.29 is 19.1 Å². The second kappa shape index (κ2) is 11.1. The minimum atomic E-state index is -0.516. The second-order valence-corrected chi connectivity index (χ2v) is 7.08. The Kier molecular flexibility index (Phi) is 7.87. The van der Waals surface area contributed by atoms with E-state index in [1.165, 1.54) is 6.08 Å². The number of esters is 1. The first-order valence-electron chi connectivity index (χ1n) is 10.1. The molecule has 0 unspecified atom stereocenters. The summed E-state index contributed by atoms with van der Waals surface area (Å²) in [4.78, 5) is 25.8. The van der Waals surface area contributed by atoms with Gasteiger partial charge in [-0.25, -0.2) is 4.79 Å².